The summed E-state index contributed by atoms with van der Waals surface area (Å²) in [5, 5.41) is 9.40. The van der Waals surface area contributed by atoms with Gasteiger partial charge in [0, 0.05) is 31.9 Å². The van der Waals surface area contributed by atoms with Gasteiger partial charge in [-0.15, -0.1) is 0 Å². The van der Waals surface area contributed by atoms with Crippen molar-refractivity contribution in [3.8, 4) is 6.07 Å². The van der Waals surface area contributed by atoms with E-state index in [1.807, 2.05) is 31.2 Å². The molecule has 138 valence electrons. The second kappa shape index (κ2) is 6.56. The van der Waals surface area contributed by atoms with E-state index in [0.29, 0.717) is 17.8 Å². The van der Waals surface area contributed by atoms with Crippen LogP contribution in [0.25, 0.3) is 11.2 Å². The van der Waals surface area contributed by atoms with Crippen LogP contribution >= 0.6 is 0 Å². The molecule has 1 aromatic carbocycles. The fourth-order valence-electron chi connectivity index (χ4n) is 3.82. The lowest BCUT2D eigenvalue weighted by molar-refractivity contribution is 0.732. The first-order valence-electron chi connectivity index (χ1n) is 9.05. The molecule has 0 spiro atoms. The van der Waals surface area contributed by atoms with Crippen LogP contribution in [-0.2, 0) is 13.6 Å². The van der Waals surface area contributed by atoms with Crippen molar-refractivity contribution in [1.82, 2.24) is 14.1 Å². The molecular weight excluding hydrogens is 340 g/mol. The van der Waals surface area contributed by atoms with Crippen LogP contribution < -0.4 is 16.3 Å². The van der Waals surface area contributed by atoms with Crippen LogP contribution in [0.1, 0.15) is 23.2 Å². The number of aromatic nitrogens is 3. The Balaban J connectivity index is 1.94. The van der Waals surface area contributed by atoms with Crippen molar-refractivity contribution in [2.75, 3.05) is 18.0 Å². The quantitative estimate of drug-likeness (QED) is 0.762. The molecule has 1 atom stereocenters. The van der Waals surface area contributed by atoms with Crippen LogP contribution in [-0.4, -0.2) is 33.2 Å². The molecule has 0 amide bonds. The molecule has 0 saturated carbocycles. The molecule has 1 fully saturated rings. The van der Waals surface area contributed by atoms with Crippen molar-refractivity contribution in [3.05, 3.63) is 57.6 Å². The van der Waals surface area contributed by atoms with E-state index in [9.17, 15) is 10.1 Å². The molecule has 1 aliphatic heterocycles. The Labute approximate surface area is 157 Å². The van der Waals surface area contributed by atoms with Gasteiger partial charge >= 0.3 is 5.69 Å². The van der Waals surface area contributed by atoms with Gasteiger partial charge in [0.05, 0.1) is 23.9 Å². The number of anilines is 1. The number of pyridine rings is 1. The first-order valence-corrected chi connectivity index (χ1v) is 9.05. The van der Waals surface area contributed by atoms with E-state index >= 15 is 0 Å². The summed E-state index contributed by atoms with van der Waals surface area (Å²) in [6.45, 7) is 3.89. The molecule has 1 unspecified atom stereocenters. The predicted octanol–water partition coefficient (Wildman–Crippen LogP) is 1.50. The highest BCUT2D eigenvalue weighted by Gasteiger charge is 2.25. The lowest BCUT2D eigenvalue weighted by atomic mass is 10.1. The van der Waals surface area contributed by atoms with Gasteiger partial charge in [-0.1, -0.05) is 18.2 Å². The van der Waals surface area contributed by atoms with E-state index in [1.165, 1.54) is 0 Å². The normalized spacial score (nSPS) is 16.8. The lowest BCUT2D eigenvalue weighted by Gasteiger charge is -2.20. The molecule has 4 rings (SSSR count). The van der Waals surface area contributed by atoms with Gasteiger partial charge in [0.1, 0.15) is 5.52 Å². The van der Waals surface area contributed by atoms with Crippen LogP contribution in [0, 0.1) is 18.3 Å². The molecule has 2 aromatic heterocycles. The maximum Gasteiger partial charge on any atom is 0.330 e. The summed E-state index contributed by atoms with van der Waals surface area (Å²) in [5.41, 5.74) is 10.7. The molecule has 0 bridgehead atoms. The molecular formula is C20H22N6O. The molecule has 7 nitrogen and oxygen atoms in total. The molecule has 0 radical (unpaired) electrons. The third kappa shape index (κ3) is 2.88. The van der Waals surface area contributed by atoms with Gasteiger partial charge in [-0.2, -0.15) is 5.26 Å². The maximum absolute atomic E-state index is 13.0. The molecule has 1 aliphatic rings. The summed E-state index contributed by atoms with van der Waals surface area (Å²) in [7, 11) is 1.74. The molecule has 2 N–H and O–H groups in total. The highest BCUT2D eigenvalue weighted by molar-refractivity contribution is 5.87. The molecule has 3 heterocycles. The topological polar surface area (TPSA) is 92.9 Å². The van der Waals surface area contributed by atoms with E-state index < -0.39 is 0 Å². The number of aryl methyl sites for hydroxylation is 2. The van der Waals surface area contributed by atoms with Crippen molar-refractivity contribution in [1.29, 1.82) is 5.26 Å². The summed E-state index contributed by atoms with van der Waals surface area (Å²) >= 11 is 0. The Hall–Kier alpha value is -3.11. The Morgan fingerprint density at radius 1 is 1.37 bits per heavy atom. The average Bonchev–Trinajstić information content (AvgIpc) is 3.19. The molecule has 27 heavy (non-hydrogen) atoms. The van der Waals surface area contributed by atoms with Gasteiger partial charge in [0.25, 0.3) is 0 Å². The largest absolute Gasteiger partial charge is 0.368 e. The number of fused-ring (bicyclic) bond motifs is 1. The Kier molecular flexibility index (Phi) is 4.21. The van der Waals surface area contributed by atoms with Gasteiger partial charge in [0.15, 0.2) is 5.65 Å². The van der Waals surface area contributed by atoms with Crippen molar-refractivity contribution >= 4 is 16.9 Å². The number of nitrogens with two attached hydrogens (primary N) is 1. The van der Waals surface area contributed by atoms with E-state index in [1.54, 1.807) is 22.2 Å². The van der Waals surface area contributed by atoms with Crippen molar-refractivity contribution < 1.29 is 0 Å². The van der Waals surface area contributed by atoms with Crippen molar-refractivity contribution in [3.63, 3.8) is 0 Å². The molecule has 7 heteroatoms. The monoisotopic (exact) mass is 362 g/mol. The minimum atomic E-state index is -0.138. The van der Waals surface area contributed by atoms with E-state index in [2.05, 4.69) is 16.0 Å². The summed E-state index contributed by atoms with van der Waals surface area (Å²) in [4.78, 5) is 19.8. The smallest absolute Gasteiger partial charge is 0.330 e. The zero-order valence-electron chi connectivity index (χ0n) is 15.5. The van der Waals surface area contributed by atoms with Crippen LogP contribution in [0.5, 0.6) is 0 Å². The number of nitriles is 1. The van der Waals surface area contributed by atoms with Crippen LogP contribution in [0.3, 0.4) is 0 Å². The third-order valence-electron chi connectivity index (χ3n) is 5.22. The van der Waals surface area contributed by atoms with E-state index in [0.717, 1.165) is 42.0 Å². The Morgan fingerprint density at radius 2 is 2.15 bits per heavy atom. The minimum Gasteiger partial charge on any atom is -0.368 e. The van der Waals surface area contributed by atoms with Crippen LogP contribution in [0.2, 0.25) is 0 Å². The predicted molar refractivity (Wildman–Crippen MR) is 105 cm³/mol. The number of rotatable bonds is 3. The summed E-state index contributed by atoms with van der Waals surface area (Å²) < 4.78 is 3.30. The van der Waals surface area contributed by atoms with Gasteiger partial charge in [0.2, 0.25) is 0 Å². The number of nitrogens with zero attached hydrogens (tertiary/aromatic N) is 5. The number of benzene rings is 1. The highest BCUT2D eigenvalue weighted by Crippen LogP contribution is 2.29. The summed E-state index contributed by atoms with van der Waals surface area (Å²) in [6, 6.07) is 11.7. The Bertz CT molecular complexity index is 1120. The zero-order valence-corrected chi connectivity index (χ0v) is 15.5. The second-order valence-corrected chi connectivity index (χ2v) is 7.15. The molecule has 3 aromatic rings. The summed E-state index contributed by atoms with van der Waals surface area (Å²) in [6.07, 6.45) is 0.928. The first kappa shape index (κ1) is 17.3. The first-order chi connectivity index (χ1) is 13.0. The van der Waals surface area contributed by atoms with E-state index in [-0.39, 0.29) is 11.7 Å². The standard InChI is InChI=1S/C20H22N6O/c1-13-9-17(25-8-7-16(22)12-25)18-19(23-13)24(2)20(27)26(18)11-15-6-4-3-5-14(15)10-21/h3-6,9,16H,7-8,11-12,22H2,1-2H3. The van der Waals surface area contributed by atoms with Crippen molar-refractivity contribution in [2.45, 2.75) is 25.9 Å². The zero-order chi connectivity index (χ0) is 19.1. The fourth-order valence-corrected chi connectivity index (χ4v) is 3.82. The molecule has 1 saturated heterocycles. The van der Waals surface area contributed by atoms with Gasteiger partial charge < -0.3 is 10.6 Å². The lowest BCUT2D eigenvalue weighted by Crippen LogP contribution is -2.27. The Morgan fingerprint density at radius 3 is 2.85 bits per heavy atom. The maximum atomic E-state index is 13.0. The number of imidazole rings is 1. The summed E-state index contributed by atoms with van der Waals surface area (Å²) in [5.74, 6) is 0. The van der Waals surface area contributed by atoms with Crippen LogP contribution in [0.15, 0.2) is 35.1 Å². The SMILES string of the molecule is Cc1cc(N2CCC(N)C2)c2c(n1)n(C)c(=O)n2Cc1ccccc1C#N. The average molecular weight is 362 g/mol. The van der Waals surface area contributed by atoms with Gasteiger partial charge in [-0.3, -0.25) is 9.13 Å². The third-order valence-corrected chi connectivity index (χ3v) is 5.22. The highest BCUT2D eigenvalue weighted by atomic mass is 16.1. The van der Waals surface area contributed by atoms with E-state index in [4.69, 9.17) is 5.73 Å². The second-order valence-electron chi connectivity index (χ2n) is 7.15. The number of hydrogen-bond acceptors (Lipinski definition) is 5. The van der Waals surface area contributed by atoms with Crippen LogP contribution in [0.4, 0.5) is 5.69 Å². The fraction of sp³-hybridized carbons (Fsp3) is 0.350. The molecule has 0 aliphatic carbocycles. The number of hydrogen-bond donors (Lipinski definition) is 1. The minimum absolute atomic E-state index is 0.136. The van der Waals surface area contributed by atoms with Gasteiger partial charge in [-0.25, -0.2) is 9.78 Å². The van der Waals surface area contributed by atoms with Crippen molar-refractivity contribution in [2.24, 2.45) is 12.8 Å². The van der Waals surface area contributed by atoms with Gasteiger partial charge in [-0.05, 0) is 31.0 Å².